The van der Waals surface area contributed by atoms with Crippen LogP contribution in [0.4, 0.5) is 26.3 Å². The van der Waals surface area contributed by atoms with Crippen LogP contribution in [0, 0.1) is 0 Å². The number of hydrogen-bond acceptors (Lipinski definition) is 6. The Morgan fingerprint density at radius 1 is 1.08 bits per heavy atom. The van der Waals surface area contributed by atoms with Gasteiger partial charge >= 0.3 is 12.4 Å². The van der Waals surface area contributed by atoms with Crippen molar-refractivity contribution >= 4 is 5.91 Å². The van der Waals surface area contributed by atoms with Crippen molar-refractivity contribution in [2.75, 3.05) is 26.4 Å². The number of amides is 1. The van der Waals surface area contributed by atoms with Crippen molar-refractivity contribution < 1.29 is 50.1 Å². The normalized spacial score (nSPS) is 19.9. The molecule has 14 heteroatoms. The molecule has 1 aromatic carbocycles. The van der Waals surface area contributed by atoms with Crippen LogP contribution in [0.2, 0.25) is 0 Å². The van der Waals surface area contributed by atoms with Crippen LogP contribution in [0.1, 0.15) is 28.0 Å². The van der Waals surface area contributed by atoms with Gasteiger partial charge in [0, 0.05) is 12.6 Å². The van der Waals surface area contributed by atoms with E-state index in [1.54, 1.807) is 18.2 Å². The first-order chi connectivity index (χ1) is 16.9. The van der Waals surface area contributed by atoms with Crippen LogP contribution in [0.3, 0.4) is 0 Å². The summed E-state index contributed by atoms with van der Waals surface area (Å²) in [4.78, 5) is 12.7. The maximum absolute atomic E-state index is 12.7. The van der Waals surface area contributed by atoms with Crippen molar-refractivity contribution in [1.82, 2.24) is 15.1 Å². The summed E-state index contributed by atoms with van der Waals surface area (Å²) in [7, 11) is 0. The highest BCUT2D eigenvalue weighted by molar-refractivity contribution is 5.92. The van der Waals surface area contributed by atoms with Crippen molar-refractivity contribution in [2.24, 2.45) is 0 Å². The van der Waals surface area contributed by atoms with Gasteiger partial charge in [-0.3, -0.25) is 4.79 Å². The maximum atomic E-state index is 12.7. The average molecular weight is 523 g/mol. The summed E-state index contributed by atoms with van der Waals surface area (Å²) in [5.74, 6) is 0.322. The van der Waals surface area contributed by atoms with Gasteiger partial charge in [0.15, 0.2) is 5.69 Å². The molecule has 3 heterocycles. The number of nitrogens with zero attached hydrogens (tertiary/aromatic N) is 2. The number of ether oxygens (including phenoxy) is 4. The van der Waals surface area contributed by atoms with E-state index in [9.17, 15) is 31.1 Å². The Hall–Kier alpha value is -3.00. The predicted molar refractivity (Wildman–Crippen MR) is 111 cm³/mol. The molecule has 198 valence electrons. The number of halogens is 6. The number of hydrogen-bond donors (Lipinski definition) is 1. The molecule has 2 aliphatic rings. The third kappa shape index (κ3) is 7.26. The fourth-order valence-corrected chi connectivity index (χ4v) is 3.83. The lowest BCUT2D eigenvalue weighted by atomic mass is 10.0. The van der Waals surface area contributed by atoms with E-state index >= 15 is 0 Å². The quantitative estimate of drug-likeness (QED) is 0.561. The predicted octanol–water partition coefficient (Wildman–Crippen LogP) is 3.43. The number of aryl methyl sites for hydroxylation is 1. The summed E-state index contributed by atoms with van der Waals surface area (Å²) in [6, 6.07) is 5.92. The summed E-state index contributed by atoms with van der Waals surface area (Å²) < 4.78 is 96.0. The zero-order chi connectivity index (χ0) is 25.9. The van der Waals surface area contributed by atoms with Gasteiger partial charge in [-0.2, -0.15) is 31.4 Å². The molecule has 2 atom stereocenters. The highest BCUT2D eigenvalue weighted by Gasteiger charge is 2.31. The van der Waals surface area contributed by atoms with Crippen molar-refractivity contribution in [1.29, 1.82) is 0 Å². The fraction of sp³-hybridized carbons (Fsp3) is 0.545. The van der Waals surface area contributed by atoms with E-state index < -0.39 is 43.6 Å². The standard InChI is InChI=1S/C22H23F6N3O5/c23-21(24,25)11-33-8-13-1-2-18-14(5-13)6-15(9-34-18)29-20(32)17-7-19-31(30-17)4-3-16(10-35-19)36-12-22(26,27)28/h1-2,5,7,15-16H,3-4,6,8-12H2,(H,29,32)/t15-,16?/m1/s1. The summed E-state index contributed by atoms with van der Waals surface area (Å²) in [6.07, 6.45) is -8.98. The molecule has 1 amide bonds. The zero-order valence-corrected chi connectivity index (χ0v) is 18.8. The van der Waals surface area contributed by atoms with E-state index in [1.807, 2.05) is 0 Å². The van der Waals surface area contributed by atoms with Crippen LogP contribution >= 0.6 is 0 Å². The van der Waals surface area contributed by atoms with Crippen molar-refractivity contribution in [3.8, 4) is 11.6 Å². The molecule has 36 heavy (non-hydrogen) atoms. The first-order valence-electron chi connectivity index (χ1n) is 11.0. The topological polar surface area (TPSA) is 83.8 Å². The Morgan fingerprint density at radius 3 is 2.61 bits per heavy atom. The summed E-state index contributed by atoms with van der Waals surface area (Å²) in [5.41, 5.74) is 1.33. The largest absolute Gasteiger partial charge is 0.491 e. The van der Waals surface area contributed by atoms with Gasteiger partial charge in [-0.05, 0) is 36.1 Å². The lowest BCUT2D eigenvalue weighted by Gasteiger charge is -2.26. The molecule has 0 saturated carbocycles. The molecule has 2 aliphatic heterocycles. The number of alkyl halides is 6. The minimum Gasteiger partial charge on any atom is -0.491 e. The summed E-state index contributed by atoms with van der Waals surface area (Å²) >= 11 is 0. The molecular formula is C22H23F6N3O5. The number of benzene rings is 1. The molecule has 0 saturated heterocycles. The highest BCUT2D eigenvalue weighted by atomic mass is 19.4. The van der Waals surface area contributed by atoms with E-state index in [0.29, 0.717) is 23.3 Å². The Balaban J connectivity index is 1.30. The monoisotopic (exact) mass is 523 g/mol. The zero-order valence-electron chi connectivity index (χ0n) is 18.8. The number of carbonyl (C=O) groups is 1. The van der Waals surface area contributed by atoms with Gasteiger partial charge < -0.3 is 24.3 Å². The van der Waals surface area contributed by atoms with E-state index in [0.717, 1.165) is 0 Å². The molecule has 8 nitrogen and oxygen atoms in total. The second-order valence-corrected chi connectivity index (χ2v) is 8.47. The van der Waals surface area contributed by atoms with E-state index in [1.165, 1.54) is 10.7 Å². The smallest absolute Gasteiger partial charge is 0.411 e. The Bertz CT molecular complexity index is 1050. The molecule has 0 spiro atoms. The van der Waals surface area contributed by atoms with Crippen LogP contribution in [-0.2, 0) is 29.0 Å². The minimum absolute atomic E-state index is 0.0692. The van der Waals surface area contributed by atoms with Crippen LogP contribution in [0.25, 0.3) is 0 Å². The van der Waals surface area contributed by atoms with Gasteiger partial charge in [-0.15, -0.1) is 0 Å². The Morgan fingerprint density at radius 2 is 1.86 bits per heavy atom. The van der Waals surface area contributed by atoms with Crippen LogP contribution in [0.15, 0.2) is 24.3 Å². The van der Waals surface area contributed by atoms with Crippen molar-refractivity contribution in [3.63, 3.8) is 0 Å². The number of carbonyl (C=O) groups excluding carboxylic acids is 1. The lowest BCUT2D eigenvalue weighted by molar-refractivity contribution is -0.188. The van der Waals surface area contributed by atoms with E-state index in [2.05, 4.69) is 10.4 Å². The molecule has 0 bridgehead atoms. The number of rotatable bonds is 7. The SMILES string of the molecule is O=C(N[C@H]1COc2ccc(COCC(F)(F)F)cc2C1)c1cc2n(n1)CCC(OCC(F)(F)F)CO2. The number of fused-ring (bicyclic) bond motifs is 2. The molecule has 0 fully saturated rings. The van der Waals surface area contributed by atoms with Gasteiger partial charge in [0.05, 0.1) is 18.8 Å². The van der Waals surface area contributed by atoms with Crippen LogP contribution in [0.5, 0.6) is 11.6 Å². The van der Waals surface area contributed by atoms with E-state index in [-0.39, 0.29) is 44.4 Å². The first-order valence-corrected chi connectivity index (χ1v) is 11.0. The minimum atomic E-state index is -4.43. The lowest BCUT2D eigenvalue weighted by Crippen LogP contribution is -2.43. The second-order valence-electron chi connectivity index (χ2n) is 8.47. The molecule has 0 radical (unpaired) electrons. The molecule has 0 aliphatic carbocycles. The molecule has 2 aromatic rings. The highest BCUT2D eigenvalue weighted by Crippen LogP contribution is 2.27. The van der Waals surface area contributed by atoms with Crippen LogP contribution < -0.4 is 14.8 Å². The van der Waals surface area contributed by atoms with Gasteiger partial charge in [-0.25, -0.2) is 4.68 Å². The van der Waals surface area contributed by atoms with Crippen molar-refractivity contribution in [3.05, 3.63) is 41.1 Å². The summed E-state index contributed by atoms with van der Waals surface area (Å²) in [6.45, 7) is -2.64. The third-order valence-electron chi connectivity index (χ3n) is 5.44. The van der Waals surface area contributed by atoms with E-state index in [4.69, 9.17) is 18.9 Å². The van der Waals surface area contributed by atoms with Gasteiger partial charge in [-0.1, -0.05) is 6.07 Å². The maximum Gasteiger partial charge on any atom is 0.411 e. The average Bonchev–Trinajstić information content (AvgIpc) is 3.10. The number of nitrogens with one attached hydrogen (secondary N) is 1. The molecule has 1 N–H and O–H groups in total. The van der Waals surface area contributed by atoms with Gasteiger partial charge in [0.2, 0.25) is 5.88 Å². The van der Waals surface area contributed by atoms with Gasteiger partial charge in [0.25, 0.3) is 5.91 Å². The first kappa shape index (κ1) is 26.1. The molecule has 1 aromatic heterocycles. The van der Waals surface area contributed by atoms with Gasteiger partial charge in [0.1, 0.15) is 32.2 Å². The second kappa shape index (κ2) is 10.5. The Labute approximate surface area is 201 Å². The third-order valence-corrected chi connectivity index (χ3v) is 5.44. The summed E-state index contributed by atoms with van der Waals surface area (Å²) in [5, 5.41) is 6.99. The fourth-order valence-electron chi connectivity index (χ4n) is 3.83. The molecule has 4 rings (SSSR count). The van der Waals surface area contributed by atoms with Crippen molar-refractivity contribution in [2.45, 2.75) is 50.5 Å². The Kier molecular flexibility index (Phi) is 7.64. The molecular weight excluding hydrogens is 500 g/mol. The van der Waals surface area contributed by atoms with Crippen LogP contribution in [-0.4, -0.2) is 66.6 Å². The molecule has 1 unspecified atom stereocenters. The number of aromatic nitrogens is 2.